The molecule has 2 unspecified atom stereocenters. The number of esters is 1. The number of halogens is 1. The average molecular weight is 361 g/mol. The molecule has 1 rings (SSSR count). The monoisotopic (exact) mass is 361 g/mol. The lowest BCUT2D eigenvalue weighted by Crippen LogP contribution is -2.46. The minimum Gasteiger partial charge on any atom is -0.467 e. The van der Waals surface area contributed by atoms with Crippen LogP contribution in [0.5, 0.6) is 0 Å². The Kier molecular flexibility index (Phi) is 8.28. The van der Waals surface area contributed by atoms with Gasteiger partial charge in [0.05, 0.1) is 13.8 Å². The van der Waals surface area contributed by atoms with Crippen LogP contribution in [0, 0.1) is 0 Å². The van der Waals surface area contributed by atoms with Gasteiger partial charge in [-0.2, -0.15) is 0 Å². The minimum atomic E-state index is -1.05. The van der Waals surface area contributed by atoms with Gasteiger partial charge in [-0.25, -0.2) is 14.5 Å². The predicted octanol–water partition coefficient (Wildman–Crippen LogP) is 2.61. The summed E-state index contributed by atoms with van der Waals surface area (Å²) in [5.74, 6) is -1.29. The molecule has 2 amide bonds. The summed E-state index contributed by atoms with van der Waals surface area (Å²) in [7, 11) is 1.19. The zero-order valence-corrected chi connectivity index (χ0v) is 15.4. The molecule has 0 aromatic rings. The van der Waals surface area contributed by atoms with E-state index in [0.29, 0.717) is 19.4 Å². The third-order valence-electron chi connectivity index (χ3n) is 3.67. The van der Waals surface area contributed by atoms with Crippen molar-refractivity contribution in [3.8, 4) is 0 Å². The first kappa shape index (κ1) is 21.3. The molecule has 1 aliphatic rings. The van der Waals surface area contributed by atoms with Crippen LogP contribution in [0.2, 0.25) is 0 Å². The number of rotatable bonds is 8. The lowest BCUT2D eigenvalue weighted by Gasteiger charge is -2.26. The normalized spacial score (nSPS) is 20.7. The van der Waals surface area contributed by atoms with Crippen LogP contribution in [-0.4, -0.2) is 61.0 Å². The maximum Gasteiger partial charge on any atom is 0.417 e. The van der Waals surface area contributed by atoms with E-state index in [4.69, 9.17) is 9.47 Å². The van der Waals surface area contributed by atoms with Crippen molar-refractivity contribution in [3.05, 3.63) is 0 Å². The maximum atomic E-state index is 12.5. The second-order valence-electron chi connectivity index (χ2n) is 6.93. The van der Waals surface area contributed by atoms with Crippen molar-refractivity contribution in [2.45, 2.75) is 70.6 Å². The highest BCUT2D eigenvalue weighted by Crippen LogP contribution is 2.25. The zero-order valence-electron chi connectivity index (χ0n) is 15.4. The van der Waals surface area contributed by atoms with E-state index in [0.717, 1.165) is 17.7 Å². The maximum absolute atomic E-state index is 12.5. The highest BCUT2D eigenvalue weighted by atomic mass is 19.1. The van der Waals surface area contributed by atoms with Crippen molar-refractivity contribution < 1.29 is 33.0 Å². The topological polar surface area (TPSA) is 82.1 Å². The molecular weight excluding hydrogens is 333 g/mol. The first-order valence-corrected chi connectivity index (χ1v) is 8.52. The molecule has 0 saturated carbocycles. The predicted molar refractivity (Wildman–Crippen MR) is 87.7 cm³/mol. The van der Waals surface area contributed by atoms with Gasteiger partial charge in [-0.15, -0.1) is 0 Å². The number of methoxy groups -OCH3 is 1. The summed E-state index contributed by atoms with van der Waals surface area (Å²) in [6.45, 7) is 4.98. The summed E-state index contributed by atoms with van der Waals surface area (Å²) in [4.78, 5) is 37.5. The number of ether oxygens (including phenoxy) is 3. The number of nitrogens with zero attached hydrogens (tertiary/aromatic N) is 1. The lowest BCUT2D eigenvalue weighted by molar-refractivity contribution is -0.149. The van der Waals surface area contributed by atoms with Gasteiger partial charge in [-0.05, 0) is 33.6 Å². The first-order chi connectivity index (χ1) is 11.7. The number of unbranched alkanes of at least 4 members (excludes halogenated alkanes) is 3. The SMILES string of the molecule is COC(=O)C1CC(OCCCCCCF)C(=O)N1C(=O)OC(C)(C)C. The van der Waals surface area contributed by atoms with Gasteiger partial charge < -0.3 is 14.2 Å². The van der Waals surface area contributed by atoms with Gasteiger partial charge in [-0.1, -0.05) is 12.8 Å². The standard InChI is InChI=1S/C17H28FNO6/c1-17(2,3)25-16(22)19-12(15(21)23-4)11-13(14(19)20)24-10-8-6-5-7-9-18/h12-13H,5-11H2,1-4H3. The smallest absolute Gasteiger partial charge is 0.417 e. The van der Waals surface area contributed by atoms with E-state index >= 15 is 0 Å². The summed E-state index contributed by atoms with van der Waals surface area (Å²) in [6, 6.07) is -1.05. The second kappa shape index (κ2) is 9.70. The second-order valence-corrected chi connectivity index (χ2v) is 6.93. The molecule has 0 N–H and O–H groups in total. The van der Waals surface area contributed by atoms with Crippen molar-refractivity contribution in [1.29, 1.82) is 0 Å². The van der Waals surface area contributed by atoms with Crippen molar-refractivity contribution in [1.82, 2.24) is 4.90 Å². The Labute approximate surface area is 147 Å². The fourth-order valence-corrected chi connectivity index (χ4v) is 2.50. The molecule has 0 aromatic heterocycles. The Morgan fingerprint density at radius 2 is 1.84 bits per heavy atom. The number of likely N-dealkylation sites (tertiary alicyclic amines) is 1. The first-order valence-electron chi connectivity index (χ1n) is 8.52. The number of amides is 2. The summed E-state index contributed by atoms with van der Waals surface area (Å²) in [6.07, 6.45) is 1.00. The Morgan fingerprint density at radius 3 is 2.40 bits per heavy atom. The minimum absolute atomic E-state index is 0.0369. The lowest BCUT2D eigenvalue weighted by atomic mass is 10.2. The molecule has 1 aliphatic heterocycles. The van der Waals surface area contributed by atoms with Gasteiger partial charge in [0.2, 0.25) is 0 Å². The summed E-state index contributed by atoms with van der Waals surface area (Å²) >= 11 is 0. The van der Waals surface area contributed by atoms with Crippen LogP contribution in [0.25, 0.3) is 0 Å². The Balaban J connectivity index is 2.67. The highest BCUT2D eigenvalue weighted by molar-refractivity contribution is 6.01. The van der Waals surface area contributed by atoms with Gasteiger partial charge in [0.25, 0.3) is 5.91 Å². The Hall–Kier alpha value is -1.70. The molecule has 1 heterocycles. The molecule has 144 valence electrons. The molecular formula is C17H28FNO6. The van der Waals surface area contributed by atoms with Crippen molar-refractivity contribution >= 4 is 18.0 Å². The molecule has 0 bridgehead atoms. The van der Waals surface area contributed by atoms with Crippen LogP contribution >= 0.6 is 0 Å². The number of carbonyl (C=O) groups excluding carboxylic acids is 3. The van der Waals surface area contributed by atoms with E-state index in [1.165, 1.54) is 7.11 Å². The fraction of sp³-hybridized carbons (Fsp3) is 0.824. The highest BCUT2D eigenvalue weighted by Gasteiger charge is 2.49. The third-order valence-corrected chi connectivity index (χ3v) is 3.67. The van der Waals surface area contributed by atoms with Gasteiger partial charge in [0.15, 0.2) is 0 Å². The van der Waals surface area contributed by atoms with Crippen molar-refractivity contribution in [2.75, 3.05) is 20.4 Å². The Morgan fingerprint density at radius 1 is 1.20 bits per heavy atom. The van der Waals surface area contributed by atoms with E-state index in [-0.39, 0.29) is 13.1 Å². The summed E-state index contributed by atoms with van der Waals surface area (Å²) in [5, 5.41) is 0. The van der Waals surface area contributed by atoms with Crippen LogP contribution in [0.1, 0.15) is 52.9 Å². The van der Waals surface area contributed by atoms with E-state index in [2.05, 4.69) is 4.74 Å². The van der Waals surface area contributed by atoms with Crippen LogP contribution < -0.4 is 0 Å². The number of imide groups is 1. The van der Waals surface area contributed by atoms with Crippen molar-refractivity contribution in [3.63, 3.8) is 0 Å². The third kappa shape index (κ3) is 6.61. The summed E-state index contributed by atoms with van der Waals surface area (Å²) < 4.78 is 27.4. The molecule has 25 heavy (non-hydrogen) atoms. The van der Waals surface area contributed by atoms with Crippen LogP contribution in [0.4, 0.5) is 9.18 Å². The van der Waals surface area contributed by atoms with E-state index < -0.39 is 35.7 Å². The molecule has 2 atom stereocenters. The molecule has 0 aromatic carbocycles. The average Bonchev–Trinajstić information content (AvgIpc) is 2.85. The fourth-order valence-electron chi connectivity index (χ4n) is 2.50. The van der Waals surface area contributed by atoms with E-state index in [1.807, 2.05) is 0 Å². The van der Waals surface area contributed by atoms with Crippen LogP contribution in [0.3, 0.4) is 0 Å². The number of hydrogen-bond acceptors (Lipinski definition) is 6. The molecule has 7 nitrogen and oxygen atoms in total. The van der Waals surface area contributed by atoms with Crippen LogP contribution in [0.15, 0.2) is 0 Å². The van der Waals surface area contributed by atoms with Gasteiger partial charge in [0.1, 0.15) is 17.7 Å². The quantitative estimate of drug-likeness (QED) is 0.488. The number of hydrogen-bond donors (Lipinski definition) is 0. The van der Waals surface area contributed by atoms with Crippen molar-refractivity contribution in [2.24, 2.45) is 0 Å². The number of carbonyl (C=O) groups is 3. The molecule has 1 saturated heterocycles. The van der Waals surface area contributed by atoms with E-state index in [1.54, 1.807) is 20.8 Å². The van der Waals surface area contributed by atoms with Gasteiger partial charge in [0, 0.05) is 13.0 Å². The largest absolute Gasteiger partial charge is 0.467 e. The summed E-state index contributed by atoms with van der Waals surface area (Å²) in [5.41, 5.74) is -0.798. The molecule has 0 aliphatic carbocycles. The number of alkyl halides is 1. The van der Waals surface area contributed by atoms with E-state index in [9.17, 15) is 18.8 Å². The van der Waals surface area contributed by atoms with Crippen LogP contribution in [-0.2, 0) is 23.8 Å². The molecule has 1 fully saturated rings. The zero-order chi connectivity index (χ0) is 19.0. The van der Waals surface area contributed by atoms with Gasteiger partial charge in [-0.3, -0.25) is 9.18 Å². The Bertz CT molecular complexity index is 476. The molecule has 0 spiro atoms. The van der Waals surface area contributed by atoms with Gasteiger partial charge >= 0.3 is 12.1 Å². The molecule has 8 heteroatoms. The molecule has 0 radical (unpaired) electrons.